The van der Waals surface area contributed by atoms with Crippen LogP contribution in [0.5, 0.6) is 5.75 Å². The molecule has 3 aromatic rings. The largest absolute Gasteiger partial charge is 0.487 e. The van der Waals surface area contributed by atoms with Gasteiger partial charge in [-0.25, -0.2) is 18.7 Å². The van der Waals surface area contributed by atoms with E-state index in [9.17, 15) is 13.6 Å². The van der Waals surface area contributed by atoms with Crippen molar-refractivity contribution >= 4 is 29.2 Å². The van der Waals surface area contributed by atoms with E-state index in [0.29, 0.717) is 24.8 Å². The number of amides is 1. The lowest BCUT2D eigenvalue weighted by Gasteiger charge is -2.38. The van der Waals surface area contributed by atoms with Gasteiger partial charge in [-0.3, -0.25) is 4.79 Å². The minimum Gasteiger partial charge on any atom is -0.487 e. The van der Waals surface area contributed by atoms with Crippen molar-refractivity contribution in [3.8, 4) is 5.75 Å². The Morgan fingerprint density at radius 2 is 1.83 bits per heavy atom. The first-order valence-electron chi connectivity index (χ1n) is 9.17. The fourth-order valence-electron chi connectivity index (χ4n) is 2.92. The van der Waals surface area contributed by atoms with Crippen molar-refractivity contribution in [1.82, 2.24) is 15.0 Å². The van der Waals surface area contributed by atoms with Crippen LogP contribution >= 0.6 is 0 Å². The lowest BCUT2D eigenvalue weighted by molar-refractivity contribution is -0.114. The summed E-state index contributed by atoms with van der Waals surface area (Å²) in [6.07, 6.45) is 1.25. The molecule has 1 aliphatic heterocycles. The molecular formula is C20H18F2N6O2. The molecule has 0 radical (unpaired) electrons. The van der Waals surface area contributed by atoms with Crippen LogP contribution in [-0.4, -0.2) is 40.1 Å². The summed E-state index contributed by atoms with van der Waals surface area (Å²) in [5.41, 5.74) is 0.185. The smallest absolute Gasteiger partial charge is 0.232 e. The molecule has 0 bridgehead atoms. The first kappa shape index (κ1) is 19.5. The Hall–Kier alpha value is -3.82. The predicted octanol–water partition coefficient (Wildman–Crippen LogP) is 3.12. The van der Waals surface area contributed by atoms with Crippen molar-refractivity contribution in [2.24, 2.45) is 0 Å². The maximum atomic E-state index is 14.5. The van der Waals surface area contributed by atoms with Crippen LogP contribution in [-0.2, 0) is 4.79 Å². The van der Waals surface area contributed by atoms with Crippen molar-refractivity contribution in [1.29, 1.82) is 0 Å². The van der Waals surface area contributed by atoms with Gasteiger partial charge in [0.1, 0.15) is 24.0 Å². The minimum atomic E-state index is -0.619. The summed E-state index contributed by atoms with van der Waals surface area (Å²) >= 11 is 0. The molecule has 0 atom stereocenters. The van der Waals surface area contributed by atoms with Gasteiger partial charge >= 0.3 is 0 Å². The van der Waals surface area contributed by atoms with Crippen LogP contribution < -0.4 is 20.3 Å². The SMILES string of the molecule is CC(=O)Nc1cccc(Nc2ncnc(N3CC(Oc4ccc(F)cc4)C3)n2)c1F. The summed E-state index contributed by atoms with van der Waals surface area (Å²) in [6.45, 7) is 2.40. The summed E-state index contributed by atoms with van der Waals surface area (Å²) in [5.74, 6) is -0.128. The maximum absolute atomic E-state index is 14.5. The first-order chi connectivity index (χ1) is 14.5. The van der Waals surface area contributed by atoms with Crippen LogP contribution in [0.3, 0.4) is 0 Å². The zero-order chi connectivity index (χ0) is 21.1. The number of ether oxygens (including phenoxy) is 1. The van der Waals surface area contributed by atoms with Gasteiger partial charge in [0, 0.05) is 6.92 Å². The number of nitrogens with one attached hydrogen (secondary N) is 2. The van der Waals surface area contributed by atoms with E-state index in [4.69, 9.17) is 4.74 Å². The van der Waals surface area contributed by atoms with Crippen LogP contribution in [0.4, 0.5) is 32.1 Å². The summed E-state index contributed by atoms with van der Waals surface area (Å²) in [4.78, 5) is 25.5. The van der Waals surface area contributed by atoms with Crippen molar-refractivity contribution in [2.45, 2.75) is 13.0 Å². The second-order valence-corrected chi connectivity index (χ2v) is 6.68. The molecule has 2 aromatic carbocycles. The van der Waals surface area contributed by atoms with Crippen molar-refractivity contribution in [3.05, 3.63) is 60.4 Å². The fourth-order valence-corrected chi connectivity index (χ4v) is 2.92. The van der Waals surface area contributed by atoms with Gasteiger partial charge in [-0.2, -0.15) is 4.98 Å². The van der Waals surface area contributed by atoms with Gasteiger partial charge in [-0.15, -0.1) is 0 Å². The molecule has 2 N–H and O–H groups in total. The summed E-state index contributed by atoms with van der Waals surface area (Å²) in [5, 5.41) is 5.23. The van der Waals surface area contributed by atoms with E-state index in [2.05, 4.69) is 25.6 Å². The topological polar surface area (TPSA) is 92.3 Å². The fraction of sp³-hybridized carbons (Fsp3) is 0.200. The molecular weight excluding hydrogens is 394 g/mol. The molecule has 30 heavy (non-hydrogen) atoms. The van der Waals surface area contributed by atoms with E-state index in [0.717, 1.165) is 0 Å². The number of aromatic nitrogens is 3. The lowest BCUT2D eigenvalue weighted by atomic mass is 10.2. The summed E-state index contributed by atoms with van der Waals surface area (Å²) in [6, 6.07) is 10.4. The van der Waals surface area contributed by atoms with Gasteiger partial charge in [-0.1, -0.05) is 6.07 Å². The van der Waals surface area contributed by atoms with Crippen LogP contribution in [0.25, 0.3) is 0 Å². The average Bonchev–Trinajstić information content (AvgIpc) is 2.69. The van der Waals surface area contributed by atoms with Gasteiger partial charge in [0.15, 0.2) is 5.82 Å². The van der Waals surface area contributed by atoms with Gasteiger partial charge in [0.25, 0.3) is 0 Å². The molecule has 2 heterocycles. The number of carbonyl (C=O) groups excluding carboxylic acids is 1. The van der Waals surface area contributed by atoms with Crippen molar-refractivity contribution < 1.29 is 18.3 Å². The second-order valence-electron chi connectivity index (χ2n) is 6.68. The van der Waals surface area contributed by atoms with Crippen molar-refractivity contribution in [2.75, 3.05) is 28.6 Å². The molecule has 8 nitrogen and oxygen atoms in total. The molecule has 0 saturated carbocycles. The van der Waals surface area contributed by atoms with E-state index < -0.39 is 5.82 Å². The molecule has 0 spiro atoms. The predicted molar refractivity (Wildman–Crippen MR) is 107 cm³/mol. The number of halogens is 2. The Morgan fingerprint density at radius 1 is 1.10 bits per heavy atom. The third-order valence-corrected chi connectivity index (χ3v) is 4.36. The van der Waals surface area contributed by atoms with Crippen LogP contribution in [0, 0.1) is 11.6 Å². The summed E-state index contributed by atoms with van der Waals surface area (Å²) in [7, 11) is 0. The zero-order valence-electron chi connectivity index (χ0n) is 16.0. The van der Waals surface area contributed by atoms with E-state index in [1.807, 2.05) is 4.90 Å². The highest BCUT2D eigenvalue weighted by molar-refractivity contribution is 5.89. The van der Waals surface area contributed by atoms with Gasteiger partial charge < -0.3 is 20.3 Å². The third-order valence-electron chi connectivity index (χ3n) is 4.36. The number of hydrogen-bond acceptors (Lipinski definition) is 7. The Morgan fingerprint density at radius 3 is 2.57 bits per heavy atom. The zero-order valence-corrected chi connectivity index (χ0v) is 16.0. The monoisotopic (exact) mass is 412 g/mol. The number of anilines is 4. The molecule has 154 valence electrons. The van der Waals surface area contributed by atoms with Crippen LogP contribution in [0.2, 0.25) is 0 Å². The van der Waals surface area contributed by atoms with E-state index in [-0.39, 0.29) is 35.2 Å². The molecule has 4 rings (SSSR count). The Balaban J connectivity index is 1.39. The number of rotatable bonds is 6. The number of benzene rings is 2. The lowest BCUT2D eigenvalue weighted by Crippen LogP contribution is -2.54. The molecule has 1 amide bonds. The average molecular weight is 412 g/mol. The molecule has 1 saturated heterocycles. The first-order valence-corrected chi connectivity index (χ1v) is 9.17. The quantitative estimate of drug-likeness (QED) is 0.643. The molecule has 0 unspecified atom stereocenters. The van der Waals surface area contributed by atoms with Gasteiger partial charge in [0.05, 0.1) is 24.5 Å². The Labute approximate surface area is 170 Å². The number of hydrogen-bond donors (Lipinski definition) is 2. The molecule has 0 aliphatic carbocycles. The minimum absolute atomic E-state index is 0.0605. The maximum Gasteiger partial charge on any atom is 0.232 e. The number of carbonyl (C=O) groups is 1. The highest BCUT2D eigenvalue weighted by Gasteiger charge is 2.30. The van der Waals surface area contributed by atoms with Crippen molar-refractivity contribution in [3.63, 3.8) is 0 Å². The van der Waals surface area contributed by atoms with Crippen LogP contribution in [0.15, 0.2) is 48.8 Å². The van der Waals surface area contributed by atoms with Gasteiger partial charge in [0.2, 0.25) is 17.8 Å². The Bertz CT molecular complexity index is 1060. The highest BCUT2D eigenvalue weighted by Crippen LogP contribution is 2.26. The summed E-state index contributed by atoms with van der Waals surface area (Å²) < 4.78 is 33.3. The van der Waals surface area contributed by atoms with E-state index in [1.54, 1.807) is 18.2 Å². The normalized spacial score (nSPS) is 13.5. The number of nitrogens with zero attached hydrogens (tertiary/aromatic N) is 4. The molecule has 1 aliphatic rings. The Kier molecular flexibility index (Phi) is 5.38. The van der Waals surface area contributed by atoms with E-state index in [1.165, 1.54) is 37.5 Å². The molecule has 1 aromatic heterocycles. The second kappa shape index (κ2) is 8.27. The van der Waals surface area contributed by atoms with E-state index >= 15 is 0 Å². The van der Waals surface area contributed by atoms with Gasteiger partial charge in [-0.05, 0) is 36.4 Å². The van der Waals surface area contributed by atoms with Crippen LogP contribution in [0.1, 0.15) is 6.92 Å². The third kappa shape index (κ3) is 4.43. The highest BCUT2D eigenvalue weighted by atomic mass is 19.1. The molecule has 1 fully saturated rings. The standard InChI is InChI=1S/C20H18F2N6O2/c1-12(29)25-16-3-2-4-17(18(16)22)26-19-23-11-24-20(27-19)28-9-15(10-28)30-14-7-5-13(21)6-8-14/h2-8,11,15H,9-10H2,1H3,(H,25,29)(H,23,24,26,27). The molecule has 10 heteroatoms.